The van der Waals surface area contributed by atoms with Gasteiger partial charge in [0, 0.05) is 11.6 Å². The van der Waals surface area contributed by atoms with Gasteiger partial charge in [0.1, 0.15) is 17.6 Å². The van der Waals surface area contributed by atoms with E-state index in [1.807, 2.05) is 0 Å². The lowest BCUT2D eigenvalue weighted by molar-refractivity contribution is 0.0652. The standard InChI is InChI=1S/C13H12FNO4/c1-7(14)8-3-4-11(18-2)9(5-8)10-6-12(13(16)17)19-15-10/h3-7H,1-2H3,(H,16,17). The molecule has 0 aliphatic heterocycles. The number of rotatable bonds is 4. The third-order valence-corrected chi connectivity index (χ3v) is 2.68. The van der Waals surface area contributed by atoms with Crippen LogP contribution in [-0.4, -0.2) is 23.3 Å². The highest BCUT2D eigenvalue weighted by atomic mass is 19.1. The Morgan fingerprint density at radius 2 is 2.21 bits per heavy atom. The zero-order valence-corrected chi connectivity index (χ0v) is 10.4. The number of aromatic carboxylic acids is 1. The molecular formula is C13H12FNO4. The van der Waals surface area contributed by atoms with E-state index in [0.29, 0.717) is 16.9 Å². The number of carboxylic acid groups (broad SMARTS) is 1. The van der Waals surface area contributed by atoms with E-state index >= 15 is 0 Å². The summed E-state index contributed by atoms with van der Waals surface area (Å²) in [6.45, 7) is 1.41. The summed E-state index contributed by atoms with van der Waals surface area (Å²) in [5.41, 5.74) is 1.23. The minimum atomic E-state index is -1.22. The largest absolute Gasteiger partial charge is 0.496 e. The molecule has 19 heavy (non-hydrogen) atoms. The normalized spacial score (nSPS) is 12.2. The van der Waals surface area contributed by atoms with Crippen LogP contribution in [0.2, 0.25) is 0 Å². The number of halogens is 1. The molecule has 1 aromatic carbocycles. The molecule has 0 radical (unpaired) electrons. The van der Waals surface area contributed by atoms with Gasteiger partial charge in [-0.1, -0.05) is 11.2 Å². The number of hydrogen-bond donors (Lipinski definition) is 1. The van der Waals surface area contributed by atoms with E-state index in [1.54, 1.807) is 18.2 Å². The Bertz CT molecular complexity index is 606. The first-order chi connectivity index (χ1) is 9.02. The Labute approximate surface area is 108 Å². The number of nitrogens with zero attached hydrogens (tertiary/aromatic N) is 1. The number of carbonyl (C=O) groups is 1. The van der Waals surface area contributed by atoms with E-state index in [0.717, 1.165) is 0 Å². The third-order valence-electron chi connectivity index (χ3n) is 2.68. The molecule has 6 heteroatoms. The van der Waals surface area contributed by atoms with Gasteiger partial charge in [0.25, 0.3) is 0 Å². The van der Waals surface area contributed by atoms with Crippen LogP contribution in [-0.2, 0) is 0 Å². The van der Waals surface area contributed by atoms with Gasteiger partial charge in [-0.3, -0.25) is 0 Å². The van der Waals surface area contributed by atoms with Gasteiger partial charge in [-0.05, 0) is 24.6 Å². The summed E-state index contributed by atoms with van der Waals surface area (Å²) in [5, 5.41) is 12.4. The van der Waals surface area contributed by atoms with Crippen LogP contribution in [0.1, 0.15) is 29.2 Å². The molecule has 0 saturated heterocycles. The predicted molar refractivity (Wildman–Crippen MR) is 65.0 cm³/mol. The first-order valence-electron chi connectivity index (χ1n) is 5.55. The van der Waals surface area contributed by atoms with Crippen LogP contribution < -0.4 is 4.74 Å². The zero-order valence-electron chi connectivity index (χ0n) is 10.4. The van der Waals surface area contributed by atoms with Crippen molar-refractivity contribution in [3.63, 3.8) is 0 Å². The van der Waals surface area contributed by atoms with Crippen LogP contribution in [0, 0.1) is 0 Å². The molecule has 0 saturated carbocycles. The second-order valence-corrected chi connectivity index (χ2v) is 3.96. The monoisotopic (exact) mass is 265 g/mol. The molecule has 2 aromatic rings. The lowest BCUT2D eigenvalue weighted by Gasteiger charge is -2.09. The average molecular weight is 265 g/mol. The minimum absolute atomic E-state index is 0.282. The quantitative estimate of drug-likeness (QED) is 0.919. The van der Waals surface area contributed by atoms with Crippen molar-refractivity contribution in [2.24, 2.45) is 0 Å². The number of ether oxygens (including phenoxy) is 1. The molecule has 1 heterocycles. The smallest absolute Gasteiger partial charge is 0.374 e. The molecule has 5 nitrogen and oxygen atoms in total. The Morgan fingerprint density at radius 3 is 2.74 bits per heavy atom. The second-order valence-electron chi connectivity index (χ2n) is 3.96. The fourth-order valence-electron chi connectivity index (χ4n) is 1.68. The minimum Gasteiger partial charge on any atom is -0.496 e. The zero-order chi connectivity index (χ0) is 14.0. The Morgan fingerprint density at radius 1 is 1.47 bits per heavy atom. The third kappa shape index (κ3) is 2.57. The molecule has 0 aliphatic rings. The van der Waals surface area contributed by atoms with Crippen molar-refractivity contribution in [1.29, 1.82) is 0 Å². The van der Waals surface area contributed by atoms with Gasteiger partial charge in [0.2, 0.25) is 5.76 Å². The number of aromatic nitrogens is 1. The summed E-state index contributed by atoms with van der Waals surface area (Å²) in [7, 11) is 1.47. The van der Waals surface area contributed by atoms with Gasteiger partial charge in [-0.25, -0.2) is 9.18 Å². The van der Waals surface area contributed by atoms with E-state index < -0.39 is 12.1 Å². The molecular weight excluding hydrogens is 253 g/mol. The van der Waals surface area contributed by atoms with E-state index in [2.05, 4.69) is 9.68 Å². The summed E-state index contributed by atoms with van der Waals surface area (Å²) in [6.07, 6.45) is -1.14. The highest BCUT2D eigenvalue weighted by Gasteiger charge is 2.17. The van der Waals surface area contributed by atoms with Crippen molar-refractivity contribution in [2.45, 2.75) is 13.1 Å². The second kappa shape index (κ2) is 5.09. The molecule has 1 N–H and O–H groups in total. The highest BCUT2D eigenvalue weighted by Crippen LogP contribution is 2.32. The van der Waals surface area contributed by atoms with Crippen molar-refractivity contribution in [2.75, 3.05) is 7.11 Å². The van der Waals surface area contributed by atoms with E-state index in [9.17, 15) is 9.18 Å². The molecule has 0 amide bonds. The fourth-order valence-corrected chi connectivity index (χ4v) is 1.68. The summed E-state index contributed by atoms with van der Waals surface area (Å²) in [6, 6.07) is 6.04. The molecule has 1 aromatic heterocycles. The molecule has 0 spiro atoms. The molecule has 1 unspecified atom stereocenters. The number of carboxylic acids is 1. The van der Waals surface area contributed by atoms with Gasteiger partial charge in [0.05, 0.1) is 7.11 Å². The van der Waals surface area contributed by atoms with Gasteiger partial charge in [-0.2, -0.15) is 0 Å². The molecule has 0 bridgehead atoms. The summed E-state index contributed by atoms with van der Waals surface area (Å²) in [5.74, 6) is -1.03. The number of methoxy groups -OCH3 is 1. The van der Waals surface area contributed by atoms with Crippen LogP contribution in [0.3, 0.4) is 0 Å². The summed E-state index contributed by atoms with van der Waals surface area (Å²) >= 11 is 0. The SMILES string of the molecule is COc1ccc(C(C)F)cc1-c1cc(C(=O)O)on1. The maximum absolute atomic E-state index is 13.3. The van der Waals surface area contributed by atoms with Crippen molar-refractivity contribution in [1.82, 2.24) is 5.16 Å². The lowest BCUT2D eigenvalue weighted by Crippen LogP contribution is -1.93. The van der Waals surface area contributed by atoms with Crippen molar-refractivity contribution in [3.8, 4) is 17.0 Å². The number of alkyl halides is 1. The molecule has 1 atom stereocenters. The van der Waals surface area contributed by atoms with Crippen molar-refractivity contribution < 1.29 is 23.6 Å². The van der Waals surface area contributed by atoms with Crippen molar-refractivity contribution in [3.05, 3.63) is 35.6 Å². The van der Waals surface area contributed by atoms with Gasteiger partial charge in [-0.15, -0.1) is 0 Å². The van der Waals surface area contributed by atoms with Crippen LogP contribution in [0.4, 0.5) is 4.39 Å². The lowest BCUT2D eigenvalue weighted by atomic mass is 10.0. The average Bonchev–Trinajstić information content (AvgIpc) is 2.87. The molecule has 0 fully saturated rings. The molecule has 0 aliphatic carbocycles. The van der Waals surface area contributed by atoms with Crippen LogP contribution in [0.5, 0.6) is 5.75 Å². The van der Waals surface area contributed by atoms with Crippen molar-refractivity contribution >= 4 is 5.97 Å². The predicted octanol–water partition coefficient (Wildman–Crippen LogP) is 3.08. The Hall–Kier alpha value is -2.37. The van der Waals surface area contributed by atoms with Crippen LogP contribution in [0.25, 0.3) is 11.3 Å². The van der Waals surface area contributed by atoms with Gasteiger partial charge in [0.15, 0.2) is 0 Å². The van der Waals surface area contributed by atoms with E-state index in [1.165, 1.54) is 20.1 Å². The maximum Gasteiger partial charge on any atom is 0.374 e. The topological polar surface area (TPSA) is 72.6 Å². The number of benzene rings is 1. The van der Waals surface area contributed by atoms with E-state index in [-0.39, 0.29) is 11.5 Å². The fraction of sp³-hybridized carbons (Fsp3) is 0.231. The van der Waals surface area contributed by atoms with Crippen LogP contribution >= 0.6 is 0 Å². The van der Waals surface area contributed by atoms with Crippen LogP contribution in [0.15, 0.2) is 28.8 Å². The first-order valence-corrected chi connectivity index (χ1v) is 5.55. The van der Waals surface area contributed by atoms with Gasteiger partial charge >= 0.3 is 5.97 Å². The number of hydrogen-bond acceptors (Lipinski definition) is 4. The van der Waals surface area contributed by atoms with Gasteiger partial charge < -0.3 is 14.4 Å². The van der Waals surface area contributed by atoms with E-state index in [4.69, 9.17) is 9.84 Å². The maximum atomic E-state index is 13.3. The first kappa shape index (κ1) is 13.1. The highest BCUT2D eigenvalue weighted by molar-refractivity contribution is 5.86. The summed E-state index contributed by atoms with van der Waals surface area (Å²) in [4.78, 5) is 10.8. The summed E-state index contributed by atoms with van der Waals surface area (Å²) < 4.78 is 23.2. The Balaban J connectivity index is 2.51. The Kier molecular flexibility index (Phi) is 3.50. The molecule has 100 valence electrons. The molecule has 2 rings (SSSR count).